The van der Waals surface area contributed by atoms with Crippen LogP contribution in [0.4, 0.5) is 13.2 Å². The van der Waals surface area contributed by atoms with Crippen molar-refractivity contribution in [2.45, 2.75) is 44.8 Å². The quantitative estimate of drug-likeness (QED) is 0.927. The normalized spacial score (nSPS) is 21.2. The average Bonchev–Trinajstić information content (AvgIpc) is 2.40. The molecule has 1 saturated heterocycles. The van der Waals surface area contributed by atoms with Crippen molar-refractivity contribution in [2.24, 2.45) is 0 Å². The van der Waals surface area contributed by atoms with Crippen molar-refractivity contribution < 1.29 is 22.6 Å². The topological polar surface area (TPSA) is 30.5 Å². The van der Waals surface area contributed by atoms with Crippen LogP contribution >= 0.6 is 0 Å². The number of hydrogen-bond donors (Lipinski definition) is 1. The van der Waals surface area contributed by atoms with Crippen LogP contribution in [-0.2, 0) is 15.7 Å². The second-order valence-electron chi connectivity index (χ2n) is 5.73. The third kappa shape index (κ3) is 4.43. The predicted octanol–water partition coefficient (Wildman–Crippen LogP) is 3.51. The first-order valence-electron chi connectivity index (χ1n) is 6.88. The lowest BCUT2D eigenvalue weighted by Crippen LogP contribution is -2.49. The van der Waals surface area contributed by atoms with Crippen LogP contribution in [0.2, 0.25) is 0 Å². The monoisotopic (exact) mass is 303 g/mol. The summed E-state index contributed by atoms with van der Waals surface area (Å²) in [6, 6.07) is 5.10. The van der Waals surface area contributed by atoms with Crippen molar-refractivity contribution in [1.82, 2.24) is 5.32 Å². The Morgan fingerprint density at radius 2 is 1.86 bits per heavy atom. The summed E-state index contributed by atoms with van der Waals surface area (Å²) in [5.41, 5.74) is -0.0411. The Morgan fingerprint density at radius 1 is 1.24 bits per heavy atom. The minimum absolute atomic E-state index is 0.0393. The van der Waals surface area contributed by atoms with Gasteiger partial charge in [-0.25, -0.2) is 0 Å². The Hall–Kier alpha value is -1.11. The molecule has 1 unspecified atom stereocenters. The van der Waals surface area contributed by atoms with Gasteiger partial charge in [-0.3, -0.25) is 0 Å². The van der Waals surface area contributed by atoms with Gasteiger partial charge in [0.05, 0.1) is 24.8 Å². The van der Waals surface area contributed by atoms with Crippen molar-refractivity contribution in [3.63, 3.8) is 0 Å². The molecule has 1 N–H and O–H groups in total. The number of halogens is 3. The number of alkyl halides is 3. The molecule has 2 rings (SSSR count). The molecule has 1 aromatic carbocycles. The molecule has 0 amide bonds. The summed E-state index contributed by atoms with van der Waals surface area (Å²) in [7, 11) is 0. The van der Waals surface area contributed by atoms with Crippen molar-refractivity contribution >= 4 is 0 Å². The van der Waals surface area contributed by atoms with Gasteiger partial charge in [-0.1, -0.05) is 12.1 Å². The molecule has 0 bridgehead atoms. The second kappa shape index (κ2) is 5.94. The van der Waals surface area contributed by atoms with Crippen molar-refractivity contribution in [3.8, 4) is 0 Å². The molecule has 1 atom stereocenters. The molecule has 3 nitrogen and oxygen atoms in total. The maximum Gasteiger partial charge on any atom is 0.416 e. The van der Waals surface area contributed by atoms with Crippen LogP contribution in [0.25, 0.3) is 0 Å². The van der Waals surface area contributed by atoms with Crippen LogP contribution in [0, 0.1) is 0 Å². The van der Waals surface area contributed by atoms with Crippen LogP contribution in [0.1, 0.15) is 37.9 Å². The SMILES string of the molecule is CC(NC1COC(C)(C)OC1)c1cccc(C(F)(F)F)c1. The van der Waals surface area contributed by atoms with E-state index in [4.69, 9.17) is 9.47 Å². The zero-order chi connectivity index (χ0) is 15.7. The number of nitrogens with one attached hydrogen (secondary N) is 1. The van der Waals surface area contributed by atoms with Crippen molar-refractivity contribution in [3.05, 3.63) is 35.4 Å². The van der Waals surface area contributed by atoms with E-state index >= 15 is 0 Å². The third-order valence-corrected chi connectivity index (χ3v) is 3.46. The van der Waals surface area contributed by atoms with E-state index in [1.54, 1.807) is 6.07 Å². The van der Waals surface area contributed by atoms with Gasteiger partial charge >= 0.3 is 6.18 Å². The molecule has 1 heterocycles. The Balaban J connectivity index is 1.99. The summed E-state index contributed by atoms with van der Waals surface area (Å²) < 4.78 is 49.2. The zero-order valence-corrected chi connectivity index (χ0v) is 12.3. The van der Waals surface area contributed by atoms with E-state index in [0.29, 0.717) is 18.8 Å². The molecule has 1 aliphatic heterocycles. The summed E-state index contributed by atoms with van der Waals surface area (Å²) in [4.78, 5) is 0. The number of rotatable bonds is 3. The van der Waals surface area contributed by atoms with Crippen LogP contribution in [0.3, 0.4) is 0 Å². The fourth-order valence-corrected chi connectivity index (χ4v) is 2.22. The molecular weight excluding hydrogens is 283 g/mol. The molecule has 0 aromatic heterocycles. The maximum absolute atomic E-state index is 12.7. The van der Waals surface area contributed by atoms with Crippen LogP contribution in [0.15, 0.2) is 24.3 Å². The minimum Gasteiger partial charge on any atom is -0.349 e. The first-order valence-corrected chi connectivity index (χ1v) is 6.88. The van der Waals surface area contributed by atoms with Crippen LogP contribution in [-0.4, -0.2) is 25.0 Å². The summed E-state index contributed by atoms with van der Waals surface area (Å²) in [6.07, 6.45) is -4.32. The standard InChI is InChI=1S/C15H20F3NO2/c1-10(19-13-8-20-14(2,3)21-9-13)11-5-4-6-12(7-11)15(16,17)18/h4-7,10,13,19H,8-9H2,1-3H3. The third-order valence-electron chi connectivity index (χ3n) is 3.46. The smallest absolute Gasteiger partial charge is 0.349 e. The lowest BCUT2D eigenvalue weighted by atomic mass is 10.0. The Bertz CT molecular complexity index is 478. The lowest BCUT2D eigenvalue weighted by molar-refractivity contribution is -0.253. The summed E-state index contributed by atoms with van der Waals surface area (Å²) >= 11 is 0. The van der Waals surface area contributed by atoms with E-state index < -0.39 is 17.5 Å². The highest BCUT2D eigenvalue weighted by atomic mass is 19.4. The molecule has 1 fully saturated rings. The first kappa shape index (κ1) is 16.3. The number of hydrogen-bond acceptors (Lipinski definition) is 3. The van der Waals surface area contributed by atoms with Gasteiger partial charge in [-0.05, 0) is 38.5 Å². The minimum atomic E-state index is -4.32. The molecule has 21 heavy (non-hydrogen) atoms. The van der Waals surface area contributed by atoms with Crippen molar-refractivity contribution in [1.29, 1.82) is 0 Å². The van der Waals surface area contributed by atoms with E-state index in [1.807, 2.05) is 20.8 Å². The van der Waals surface area contributed by atoms with E-state index in [1.165, 1.54) is 12.1 Å². The maximum atomic E-state index is 12.7. The number of benzene rings is 1. The lowest BCUT2D eigenvalue weighted by Gasteiger charge is -2.36. The summed E-state index contributed by atoms with van der Waals surface area (Å²) in [6.45, 7) is 6.43. The fourth-order valence-electron chi connectivity index (χ4n) is 2.22. The Kier molecular flexibility index (Phi) is 4.60. The molecule has 1 aliphatic rings. The van der Waals surface area contributed by atoms with Gasteiger partial charge in [0.15, 0.2) is 5.79 Å². The van der Waals surface area contributed by atoms with Crippen molar-refractivity contribution in [2.75, 3.05) is 13.2 Å². The van der Waals surface area contributed by atoms with Crippen LogP contribution < -0.4 is 5.32 Å². The second-order valence-corrected chi connectivity index (χ2v) is 5.73. The number of ether oxygens (including phenoxy) is 2. The molecule has 118 valence electrons. The molecule has 0 saturated carbocycles. The highest BCUT2D eigenvalue weighted by Crippen LogP contribution is 2.31. The molecule has 1 aromatic rings. The zero-order valence-electron chi connectivity index (χ0n) is 12.3. The van der Waals surface area contributed by atoms with Gasteiger partial charge in [0.1, 0.15) is 0 Å². The molecular formula is C15H20F3NO2. The Morgan fingerprint density at radius 3 is 2.43 bits per heavy atom. The van der Waals surface area contributed by atoms with E-state index in [2.05, 4.69) is 5.32 Å². The van der Waals surface area contributed by atoms with Gasteiger partial charge in [-0.15, -0.1) is 0 Å². The molecule has 0 spiro atoms. The molecule has 6 heteroatoms. The predicted molar refractivity (Wildman–Crippen MR) is 72.8 cm³/mol. The van der Waals surface area contributed by atoms with Gasteiger partial charge < -0.3 is 14.8 Å². The fraction of sp³-hybridized carbons (Fsp3) is 0.600. The average molecular weight is 303 g/mol. The van der Waals surface area contributed by atoms with E-state index in [9.17, 15) is 13.2 Å². The van der Waals surface area contributed by atoms with E-state index in [0.717, 1.165) is 6.07 Å². The van der Waals surface area contributed by atoms with Crippen LogP contribution in [0.5, 0.6) is 0 Å². The summed E-state index contributed by atoms with van der Waals surface area (Å²) in [5, 5.41) is 3.23. The van der Waals surface area contributed by atoms with Gasteiger partial charge in [-0.2, -0.15) is 13.2 Å². The molecule has 0 radical (unpaired) electrons. The van der Waals surface area contributed by atoms with E-state index in [-0.39, 0.29) is 12.1 Å². The highest BCUT2D eigenvalue weighted by molar-refractivity contribution is 5.27. The Labute approximate surface area is 122 Å². The highest BCUT2D eigenvalue weighted by Gasteiger charge is 2.32. The largest absolute Gasteiger partial charge is 0.416 e. The van der Waals surface area contributed by atoms with Gasteiger partial charge in [0, 0.05) is 6.04 Å². The summed E-state index contributed by atoms with van der Waals surface area (Å²) in [5.74, 6) is -0.600. The van der Waals surface area contributed by atoms with Gasteiger partial charge in [0.25, 0.3) is 0 Å². The molecule has 0 aliphatic carbocycles. The first-order chi connectivity index (χ1) is 9.67. The van der Waals surface area contributed by atoms with Gasteiger partial charge in [0.2, 0.25) is 0 Å².